The zero-order chi connectivity index (χ0) is 16.4. The van der Waals surface area contributed by atoms with Crippen LogP contribution in [-0.4, -0.2) is 38.4 Å². The molecule has 1 aliphatic carbocycles. The van der Waals surface area contributed by atoms with Crippen LogP contribution in [0.2, 0.25) is 0 Å². The van der Waals surface area contributed by atoms with Gasteiger partial charge in [-0.05, 0) is 30.5 Å². The molecule has 0 amide bonds. The molecule has 1 heterocycles. The second-order valence-electron chi connectivity index (χ2n) is 6.37. The summed E-state index contributed by atoms with van der Waals surface area (Å²) in [5.41, 5.74) is 0.741. The lowest BCUT2D eigenvalue weighted by Gasteiger charge is -2.27. The van der Waals surface area contributed by atoms with Crippen molar-refractivity contribution in [3.8, 4) is 0 Å². The Morgan fingerprint density at radius 1 is 1.17 bits per heavy atom. The molecule has 1 N–H and O–H groups in total. The average Bonchev–Trinajstić information content (AvgIpc) is 2.91. The van der Waals surface area contributed by atoms with Gasteiger partial charge in [0.1, 0.15) is 11.1 Å². The second-order valence-corrected chi connectivity index (χ2v) is 8.31. The summed E-state index contributed by atoms with van der Waals surface area (Å²) >= 11 is 0. The standard InChI is InChI=1S/C16H23FN2O3S/c1-19-16(12-7-9-13(17)10-8-12)15(11-22-19)23(20,21)18-14-5-3-2-4-6-14/h7-10,14-16,18H,2-6,11H2,1H3/t15-,16+/m1/s1. The Hall–Kier alpha value is -1.02. The Kier molecular flexibility index (Phi) is 5.01. The molecule has 128 valence electrons. The number of halogens is 1. The summed E-state index contributed by atoms with van der Waals surface area (Å²) in [5, 5.41) is 0.859. The number of nitrogens with one attached hydrogen (secondary N) is 1. The normalized spacial score (nSPS) is 27.4. The summed E-state index contributed by atoms with van der Waals surface area (Å²) in [6.07, 6.45) is 5.09. The van der Waals surface area contributed by atoms with Crippen LogP contribution in [0.1, 0.15) is 43.7 Å². The van der Waals surface area contributed by atoms with E-state index in [0.29, 0.717) is 0 Å². The zero-order valence-electron chi connectivity index (χ0n) is 13.2. The van der Waals surface area contributed by atoms with E-state index in [9.17, 15) is 12.8 Å². The summed E-state index contributed by atoms with van der Waals surface area (Å²) in [6.45, 7) is 0.112. The fourth-order valence-electron chi connectivity index (χ4n) is 3.48. The summed E-state index contributed by atoms with van der Waals surface area (Å²) in [7, 11) is -1.80. The molecule has 1 aromatic carbocycles. The first-order valence-corrected chi connectivity index (χ1v) is 9.64. The van der Waals surface area contributed by atoms with Gasteiger partial charge in [0.25, 0.3) is 0 Å². The quantitative estimate of drug-likeness (QED) is 0.913. The minimum absolute atomic E-state index is 0.0218. The Bertz CT molecular complexity index is 629. The average molecular weight is 342 g/mol. The number of benzene rings is 1. The molecule has 2 aliphatic rings. The molecule has 7 heteroatoms. The number of hydrogen-bond donors (Lipinski definition) is 1. The maximum Gasteiger partial charge on any atom is 0.219 e. The van der Waals surface area contributed by atoms with Gasteiger partial charge in [0.15, 0.2) is 0 Å². The van der Waals surface area contributed by atoms with Gasteiger partial charge in [0.2, 0.25) is 10.0 Å². The molecule has 0 radical (unpaired) electrons. The molecule has 0 unspecified atom stereocenters. The van der Waals surface area contributed by atoms with E-state index >= 15 is 0 Å². The molecule has 23 heavy (non-hydrogen) atoms. The van der Waals surface area contributed by atoms with Gasteiger partial charge in [0, 0.05) is 13.1 Å². The first-order valence-electron chi connectivity index (χ1n) is 8.10. The minimum atomic E-state index is -3.51. The number of nitrogens with zero attached hydrogens (tertiary/aromatic N) is 1. The van der Waals surface area contributed by atoms with Crippen LogP contribution < -0.4 is 4.72 Å². The SMILES string of the molecule is CN1OC[C@@H](S(=O)(=O)NC2CCCCC2)[C@@H]1c1ccc(F)cc1. The van der Waals surface area contributed by atoms with Crippen molar-refractivity contribution in [2.24, 2.45) is 0 Å². The van der Waals surface area contributed by atoms with Crippen LogP contribution in [0, 0.1) is 5.82 Å². The lowest BCUT2D eigenvalue weighted by atomic mass is 9.96. The topological polar surface area (TPSA) is 58.6 Å². The van der Waals surface area contributed by atoms with E-state index in [1.54, 1.807) is 24.2 Å². The van der Waals surface area contributed by atoms with E-state index in [1.807, 2.05) is 0 Å². The molecule has 0 spiro atoms. The molecular formula is C16H23FN2O3S. The Labute approximate surface area is 136 Å². The Morgan fingerprint density at radius 2 is 1.83 bits per heavy atom. The van der Waals surface area contributed by atoms with Gasteiger partial charge in [-0.3, -0.25) is 4.84 Å². The van der Waals surface area contributed by atoms with Crippen molar-refractivity contribution in [3.05, 3.63) is 35.6 Å². The van der Waals surface area contributed by atoms with Crippen LogP contribution in [0.4, 0.5) is 4.39 Å². The van der Waals surface area contributed by atoms with E-state index in [4.69, 9.17) is 4.84 Å². The van der Waals surface area contributed by atoms with Gasteiger partial charge in [-0.2, -0.15) is 5.06 Å². The van der Waals surface area contributed by atoms with Crippen LogP contribution in [0.5, 0.6) is 0 Å². The summed E-state index contributed by atoms with van der Waals surface area (Å²) < 4.78 is 41.6. The number of hydrogen-bond acceptors (Lipinski definition) is 4. The van der Waals surface area contributed by atoms with Crippen molar-refractivity contribution in [3.63, 3.8) is 0 Å². The molecule has 1 aliphatic heterocycles. The fourth-order valence-corrected chi connectivity index (χ4v) is 5.26. The molecular weight excluding hydrogens is 319 g/mol. The fraction of sp³-hybridized carbons (Fsp3) is 0.625. The van der Waals surface area contributed by atoms with Gasteiger partial charge in [-0.25, -0.2) is 17.5 Å². The molecule has 5 nitrogen and oxygen atoms in total. The maximum atomic E-state index is 13.1. The summed E-state index contributed by atoms with van der Waals surface area (Å²) in [5.74, 6) is -0.338. The molecule has 2 atom stereocenters. The Balaban J connectivity index is 1.80. The van der Waals surface area contributed by atoms with E-state index in [1.165, 1.54) is 18.6 Å². The first kappa shape index (κ1) is 16.8. The van der Waals surface area contributed by atoms with Gasteiger partial charge >= 0.3 is 0 Å². The second kappa shape index (κ2) is 6.84. The van der Waals surface area contributed by atoms with Gasteiger partial charge in [-0.15, -0.1) is 0 Å². The van der Waals surface area contributed by atoms with Crippen molar-refractivity contribution in [2.45, 2.75) is 49.4 Å². The van der Waals surface area contributed by atoms with Crippen molar-refractivity contribution in [2.75, 3.05) is 13.7 Å². The lowest BCUT2D eigenvalue weighted by Crippen LogP contribution is -2.44. The van der Waals surface area contributed by atoms with Crippen molar-refractivity contribution in [1.29, 1.82) is 0 Å². The predicted molar refractivity (Wildman–Crippen MR) is 85.6 cm³/mol. The van der Waals surface area contributed by atoms with Crippen molar-refractivity contribution >= 4 is 10.0 Å². The Morgan fingerprint density at radius 3 is 2.48 bits per heavy atom. The van der Waals surface area contributed by atoms with Crippen LogP contribution in [-0.2, 0) is 14.9 Å². The van der Waals surface area contributed by atoms with Crippen molar-refractivity contribution in [1.82, 2.24) is 9.79 Å². The molecule has 1 aromatic rings. The monoisotopic (exact) mass is 342 g/mol. The molecule has 3 rings (SSSR count). The maximum absolute atomic E-state index is 13.1. The predicted octanol–water partition coefficient (Wildman–Crippen LogP) is 2.36. The number of rotatable bonds is 4. The van der Waals surface area contributed by atoms with Crippen LogP contribution in [0.3, 0.4) is 0 Å². The van der Waals surface area contributed by atoms with Crippen LogP contribution in [0.25, 0.3) is 0 Å². The lowest BCUT2D eigenvalue weighted by molar-refractivity contribution is -0.110. The van der Waals surface area contributed by atoms with Gasteiger partial charge < -0.3 is 0 Å². The first-order chi connectivity index (χ1) is 11.0. The molecule has 0 aromatic heterocycles. The zero-order valence-corrected chi connectivity index (χ0v) is 14.1. The molecule has 1 saturated carbocycles. The number of sulfonamides is 1. The largest absolute Gasteiger partial charge is 0.297 e. The van der Waals surface area contributed by atoms with Crippen LogP contribution >= 0.6 is 0 Å². The van der Waals surface area contributed by atoms with Gasteiger partial charge in [0.05, 0.1) is 12.6 Å². The van der Waals surface area contributed by atoms with E-state index in [0.717, 1.165) is 31.2 Å². The molecule has 0 bridgehead atoms. The highest BCUT2D eigenvalue weighted by atomic mass is 32.2. The third-order valence-electron chi connectivity index (χ3n) is 4.73. The third kappa shape index (κ3) is 3.74. The smallest absolute Gasteiger partial charge is 0.219 e. The molecule has 1 saturated heterocycles. The highest BCUT2D eigenvalue weighted by Crippen LogP contribution is 2.33. The summed E-state index contributed by atoms with van der Waals surface area (Å²) in [6, 6.07) is 5.52. The van der Waals surface area contributed by atoms with E-state index in [-0.39, 0.29) is 18.5 Å². The molecule has 2 fully saturated rings. The summed E-state index contributed by atoms with van der Waals surface area (Å²) in [4.78, 5) is 5.46. The third-order valence-corrected chi connectivity index (χ3v) is 6.59. The highest BCUT2D eigenvalue weighted by Gasteiger charge is 2.43. The van der Waals surface area contributed by atoms with E-state index in [2.05, 4.69) is 4.72 Å². The highest BCUT2D eigenvalue weighted by molar-refractivity contribution is 7.90. The van der Waals surface area contributed by atoms with E-state index < -0.39 is 21.3 Å². The number of hydroxylamine groups is 2. The van der Waals surface area contributed by atoms with Crippen LogP contribution in [0.15, 0.2) is 24.3 Å². The van der Waals surface area contributed by atoms with Crippen molar-refractivity contribution < 1.29 is 17.6 Å². The van der Waals surface area contributed by atoms with Gasteiger partial charge in [-0.1, -0.05) is 31.4 Å². The minimum Gasteiger partial charge on any atom is -0.297 e.